The smallest absolute Gasteiger partial charge is 0.202 e. The van der Waals surface area contributed by atoms with Crippen LogP contribution >= 0.6 is 23.4 Å². The van der Waals surface area contributed by atoms with Crippen LogP contribution in [0, 0.1) is 5.82 Å². The molecule has 0 fully saturated rings. The van der Waals surface area contributed by atoms with Gasteiger partial charge in [0.15, 0.2) is 0 Å². The van der Waals surface area contributed by atoms with Crippen LogP contribution in [0.3, 0.4) is 0 Å². The molecule has 8 heteroatoms. The second-order valence-corrected chi connectivity index (χ2v) is 9.07. The summed E-state index contributed by atoms with van der Waals surface area (Å²) in [5, 5.41) is 7.09. The van der Waals surface area contributed by atoms with Crippen LogP contribution in [0.25, 0.3) is 0 Å². The Morgan fingerprint density at radius 1 is 1.09 bits per heavy atom. The van der Waals surface area contributed by atoms with Gasteiger partial charge in [0.1, 0.15) is 17.4 Å². The second-order valence-electron chi connectivity index (χ2n) is 7.52. The quantitative estimate of drug-likeness (QED) is 0.322. The molecule has 3 aromatic rings. The molecule has 0 saturated heterocycles. The molecule has 5 nitrogen and oxygen atoms in total. The Morgan fingerprint density at radius 3 is 2.62 bits per heavy atom. The largest absolute Gasteiger partial charge is 0.497 e. The van der Waals surface area contributed by atoms with E-state index >= 15 is 0 Å². The van der Waals surface area contributed by atoms with E-state index < -0.39 is 12.1 Å². The van der Waals surface area contributed by atoms with Crippen molar-refractivity contribution in [1.82, 2.24) is 0 Å². The summed E-state index contributed by atoms with van der Waals surface area (Å²) in [6.07, 6.45) is 4.05. The van der Waals surface area contributed by atoms with Crippen molar-refractivity contribution in [3.8, 4) is 5.75 Å². The van der Waals surface area contributed by atoms with Crippen molar-refractivity contribution >= 4 is 46.3 Å². The van der Waals surface area contributed by atoms with E-state index in [-0.39, 0.29) is 5.69 Å². The monoisotopic (exact) mass is 496 g/mol. The van der Waals surface area contributed by atoms with E-state index in [1.807, 2.05) is 48.5 Å². The molecule has 0 radical (unpaired) electrons. The first-order chi connectivity index (χ1) is 16.6. The summed E-state index contributed by atoms with van der Waals surface area (Å²) >= 11 is 8.18. The van der Waals surface area contributed by atoms with Gasteiger partial charge in [-0.1, -0.05) is 36.7 Å². The summed E-state index contributed by atoms with van der Waals surface area (Å²) in [4.78, 5) is 7.68. The van der Waals surface area contributed by atoms with Crippen molar-refractivity contribution < 1.29 is 9.13 Å². The van der Waals surface area contributed by atoms with Gasteiger partial charge in [0.05, 0.1) is 23.5 Å². The molecule has 1 heterocycles. The highest BCUT2D eigenvalue weighted by atomic mass is 35.5. The summed E-state index contributed by atoms with van der Waals surface area (Å²) < 4.78 is 20.0. The van der Waals surface area contributed by atoms with Crippen molar-refractivity contribution in [3.05, 3.63) is 89.8 Å². The lowest BCUT2D eigenvalue weighted by atomic mass is 10.2. The third-order valence-electron chi connectivity index (χ3n) is 5.11. The van der Waals surface area contributed by atoms with Crippen LogP contribution in [0.15, 0.2) is 88.9 Å². The zero-order valence-electron chi connectivity index (χ0n) is 19.0. The summed E-state index contributed by atoms with van der Waals surface area (Å²) in [7, 11) is 1.62. The number of aliphatic imine (C=N–C) groups is 1. The number of anilines is 3. The first-order valence-corrected chi connectivity index (χ1v) is 12.3. The van der Waals surface area contributed by atoms with E-state index in [2.05, 4.69) is 23.6 Å². The number of halogens is 2. The zero-order valence-corrected chi connectivity index (χ0v) is 20.5. The molecule has 1 atom stereocenters. The van der Waals surface area contributed by atoms with Crippen LogP contribution in [0.4, 0.5) is 21.5 Å². The van der Waals surface area contributed by atoms with E-state index in [1.54, 1.807) is 42.1 Å². The molecule has 0 aliphatic carbocycles. The van der Waals surface area contributed by atoms with Crippen LogP contribution < -0.4 is 20.3 Å². The molecule has 1 aliphatic rings. The minimum atomic E-state index is -0.634. The van der Waals surface area contributed by atoms with Crippen molar-refractivity contribution in [2.45, 2.75) is 24.5 Å². The Bertz CT molecular complexity index is 1170. The Kier molecular flexibility index (Phi) is 7.98. The third kappa shape index (κ3) is 5.66. The highest BCUT2D eigenvalue weighted by Crippen LogP contribution is 2.33. The zero-order chi connectivity index (χ0) is 23.9. The molecular formula is C26H26ClFN4OS. The summed E-state index contributed by atoms with van der Waals surface area (Å²) in [5.74, 6) is 2.00. The van der Waals surface area contributed by atoms with E-state index in [4.69, 9.17) is 21.3 Å². The topological polar surface area (TPSA) is 48.9 Å². The molecule has 1 unspecified atom stereocenters. The Hall–Kier alpha value is -3.16. The molecule has 0 spiro atoms. The Morgan fingerprint density at radius 2 is 1.88 bits per heavy atom. The number of nitrogens with zero attached hydrogens (tertiary/aromatic N) is 2. The molecular weight excluding hydrogens is 471 g/mol. The molecule has 4 rings (SSSR count). The number of thioether (sulfide) groups is 1. The molecule has 1 aliphatic heterocycles. The Labute approximate surface area is 208 Å². The predicted molar refractivity (Wildman–Crippen MR) is 142 cm³/mol. The van der Waals surface area contributed by atoms with Gasteiger partial charge in [-0.15, -0.1) is 11.8 Å². The number of hydrogen-bond donors (Lipinski definition) is 2. The fourth-order valence-corrected chi connectivity index (χ4v) is 4.59. The maximum absolute atomic E-state index is 14.8. The predicted octanol–water partition coefficient (Wildman–Crippen LogP) is 7.23. The van der Waals surface area contributed by atoms with Crippen molar-refractivity contribution in [2.75, 3.05) is 28.4 Å². The normalized spacial score (nSPS) is 15.1. The minimum absolute atomic E-state index is 0.258. The highest BCUT2D eigenvalue weighted by molar-refractivity contribution is 7.99. The fraction of sp³-hybridized carbons (Fsp3) is 0.192. The van der Waals surface area contributed by atoms with Crippen molar-refractivity contribution in [3.63, 3.8) is 0 Å². The summed E-state index contributed by atoms with van der Waals surface area (Å²) in [5.41, 5.74) is 2.04. The lowest BCUT2D eigenvalue weighted by molar-refractivity contribution is 0.415. The number of methoxy groups -OCH3 is 1. The van der Waals surface area contributed by atoms with Crippen molar-refractivity contribution in [2.24, 2.45) is 4.99 Å². The summed E-state index contributed by atoms with van der Waals surface area (Å²) in [6, 6.07) is 20.2. The van der Waals surface area contributed by atoms with Gasteiger partial charge < -0.3 is 20.3 Å². The number of hydrogen-bond acceptors (Lipinski definition) is 6. The van der Waals surface area contributed by atoms with Crippen LogP contribution in [-0.4, -0.2) is 25.0 Å². The number of para-hydroxylation sites is 2. The maximum atomic E-state index is 14.8. The standard InChI is InChI=1S/C26H26ClFN4OS/c1-3-17-34-23-10-5-4-9-22(23)30-24-15-16-32(25-20(27)7-6-8-21(25)28)26(31-24)29-18-11-13-19(33-2)14-12-18/h4-16,26,29H,3,17H2,1-2H3,(H,30,31). The SMILES string of the molecule is CCCSc1ccccc1NC1=NC(Nc2ccc(OC)cc2)N(c2c(F)cccc2Cl)C=C1. The molecule has 0 amide bonds. The van der Waals surface area contributed by atoms with E-state index in [0.29, 0.717) is 10.9 Å². The molecule has 176 valence electrons. The van der Waals surface area contributed by atoms with Gasteiger partial charge in [-0.05, 0) is 66.8 Å². The number of rotatable bonds is 8. The number of ether oxygens (including phenoxy) is 1. The Balaban J connectivity index is 1.65. The first-order valence-electron chi connectivity index (χ1n) is 11.0. The average Bonchev–Trinajstić information content (AvgIpc) is 2.85. The first kappa shape index (κ1) is 24.0. The molecule has 2 N–H and O–H groups in total. The highest BCUT2D eigenvalue weighted by Gasteiger charge is 2.25. The molecule has 0 saturated carbocycles. The van der Waals surface area contributed by atoms with E-state index in [1.165, 1.54) is 6.07 Å². The fourth-order valence-electron chi connectivity index (χ4n) is 3.46. The van der Waals surface area contributed by atoms with Gasteiger partial charge in [0.2, 0.25) is 6.29 Å². The van der Waals surface area contributed by atoms with Gasteiger partial charge in [-0.3, -0.25) is 0 Å². The van der Waals surface area contributed by atoms with Crippen LogP contribution in [0.2, 0.25) is 5.02 Å². The molecule has 0 bridgehead atoms. The van der Waals surface area contributed by atoms with Gasteiger partial charge in [0.25, 0.3) is 0 Å². The van der Waals surface area contributed by atoms with Gasteiger partial charge >= 0.3 is 0 Å². The van der Waals surface area contributed by atoms with E-state index in [0.717, 1.165) is 34.2 Å². The third-order valence-corrected chi connectivity index (χ3v) is 6.70. The van der Waals surface area contributed by atoms with Crippen LogP contribution in [0.1, 0.15) is 13.3 Å². The van der Waals surface area contributed by atoms with Crippen molar-refractivity contribution in [1.29, 1.82) is 0 Å². The molecule has 0 aromatic heterocycles. The van der Waals surface area contributed by atoms with Crippen LogP contribution in [0.5, 0.6) is 5.75 Å². The van der Waals surface area contributed by atoms with Gasteiger partial charge in [-0.2, -0.15) is 0 Å². The number of benzene rings is 3. The van der Waals surface area contributed by atoms with Crippen LogP contribution in [-0.2, 0) is 0 Å². The van der Waals surface area contributed by atoms with E-state index in [9.17, 15) is 4.39 Å². The van der Waals surface area contributed by atoms with Gasteiger partial charge in [-0.25, -0.2) is 9.38 Å². The number of nitrogens with one attached hydrogen (secondary N) is 2. The second kappa shape index (κ2) is 11.3. The van der Waals surface area contributed by atoms with Gasteiger partial charge in [0, 0.05) is 16.8 Å². The minimum Gasteiger partial charge on any atom is -0.497 e. The summed E-state index contributed by atoms with van der Waals surface area (Å²) in [6.45, 7) is 2.16. The average molecular weight is 497 g/mol. The lowest BCUT2D eigenvalue weighted by Crippen LogP contribution is -2.40. The maximum Gasteiger partial charge on any atom is 0.202 e. The molecule has 34 heavy (non-hydrogen) atoms. The lowest BCUT2D eigenvalue weighted by Gasteiger charge is -2.33. The molecule has 3 aromatic carbocycles. The number of amidine groups is 1.